The van der Waals surface area contributed by atoms with E-state index in [1.165, 1.54) is 0 Å². The number of terminal acetylenes is 1. The number of aliphatic carboxylic acids is 1. The Labute approximate surface area is 94.8 Å². The summed E-state index contributed by atoms with van der Waals surface area (Å²) in [6.45, 7) is 3.71. The zero-order chi connectivity index (χ0) is 12.7. The molecule has 0 rings (SSSR count). The highest BCUT2D eigenvalue weighted by Crippen LogP contribution is 2.05. The largest absolute Gasteiger partial charge is 0.480 e. The summed E-state index contributed by atoms with van der Waals surface area (Å²) in [6, 6.07) is -1.14. The average Bonchev–Trinajstić information content (AvgIpc) is 2.15. The van der Waals surface area contributed by atoms with Crippen LogP contribution < -0.4 is 5.32 Å². The second-order valence-electron chi connectivity index (χ2n) is 3.95. The summed E-state index contributed by atoms with van der Waals surface area (Å²) in [4.78, 5) is 22.1. The van der Waals surface area contributed by atoms with Crippen LogP contribution in [0.4, 0.5) is 0 Å². The van der Waals surface area contributed by atoms with Crippen LogP contribution in [0.5, 0.6) is 0 Å². The fourth-order valence-corrected chi connectivity index (χ4v) is 1.14. The Kier molecular flexibility index (Phi) is 6.19. The summed E-state index contributed by atoms with van der Waals surface area (Å²) in [5.74, 6) is 0.403. The van der Waals surface area contributed by atoms with Crippen molar-refractivity contribution < 1.29 is 19.8 Å². The number of carbonyl (C=O) groups excluding carboxylic acids is 1. The summed E-state index contributed by atoms with van der Waals surface area (Å²) in [5, 5.41) is 20.3. The number of aliphatic hydroxyl groups is 1. The molecule has 5 heteroatoms. The van der Waals surface area contributed by atoms with Crippen molar-refractivity contribution >= 4 is 11.9 Å². The molecule has 1 amide bonds. The van der Waals surface area contributed by atoms with Gasteiger partial charge in [-0.3, -0.25) is 4.79 Å². The van der Waals surface area contributed by atoms with E-state index in [4.69, 9.17) is 11.5 Å². The number of carboxylic acid groups (broad SMARTS) is 1. The van der Waals surface area contributed by atoms with Crippen LogP contribution >= 0.6 is 0 Å². The van der Waals surface area contributed by atoms with Gasteiger partial charge in [0.2, 0.25) is 5.91 Å². The van der Waals surface area contributed by atoms with Gasteiger partial charge in [0.1, 0.15) is 12.1 Å². The molecule has 5 nitrogen and oxygen atoms in total. The molecule has 90 valence electrons. The zero-order valence-corrected chi connectivity index (χ0v) is 9.43. The van der Waals surface area contributed by atoms with Crippen molar-refractivity contribution in [1.29, 1.82) is 0 Å². The van der Waals surface area contributed by atoms with E-state index in [1.807, 2.05) is 13.8 Å². The molecule has 3 N–H and O–H groups in total. The number of nitrogens with one attached hydrogen (secondary N) is 1. The minimum absolute atomic E-state index is 0.102. The van der Waals surface area contributed by atoms with Gasteiger partial charge in [0.05, 0.1) is 0 Å². The van der Waals surface area contributed by atoms with Crippen molar-refractivity contribution in [2.24, 2.45) is 5.92 Å². The molecule has 0 aliphatic heterocycles. The molecule has 0 saturated carbocycles. The first-order valence-corrected chi connectivity index (χ1v) is 5.03. The minimum Gasteiger partial charge on any atom is -0.480 e. The molecule has 0 radical (unpaired) electrons. The maximum absolute atomic E-state index is 11.4. The number of hydrogen-bond donors (Lipinski definition) is 3. The van der Waals surface area contributed by atoms with Crippen LogP contribution in [0.3, 0.4) is 0 Å². The van der Waals surface area contributed by atoms with Gasteiger partial charge in [-0.2, -0.15) is 0 Å². The summed E-state index contributed by atoms with van der Waals surface area (Å²) in [5.41, 5.74) is 0. The third kappa shape index (κ3) is 5.37. The Morgan fingerprint density at radius 2 is 2.00 bits per heavy atom. The predicted octanol–water partition coefficient (Wildman–Crippen LogP) is -0.0139. The standard InChI is InChI=1S/C11H17NO4/c1-4-5-8(11(15)16)12-10(14)9(13)6-7(2)3/h1,7-9,13H,5-6H2,2-3H3,(H,12,14)(H,15,16)/t8-,9-/m0/s1. The molecular formula is C11H17NO4. The van der Waals surface area contributed by atoms with Gasteiger partial charge in [0.15, 0.2) is 0 Å². The van der Waals surface area contributed by atoms with Crippen LogP contribution in [0, 0.1) is 18.3 Å². The number of carbonyl (C=O) groups is 2. The van der Waals surface area contributed by atoms with Gasteiger partial charge in [-0.25, -0.2) is 4.79 Å². The van der Waals surface area contributed by atoms with Crippen molar-refractivity contribution in [1.82, 2.24) is 5.32 Å². The van der Waals surface area contributed by atoms with E-state index in [1.54, 1.807) is 0 Å². The predicted molar refractivity (Wildman–Crippen MR) is 58.5 cm³/mol. The Hall–Kier alpha value is -1.54. The van der Waals surface area contributed by atoms with E-state index >= 15 is 0 Å². The number of rotatable bonds is 6. The molecule has 0 saturated heterocycles. The van der Waals surface area contributed by atoms with Crippen LogP contribution in [0.25, 0.3) is 0 Å². The number of hydrogen-bond acceptors (Lipinski definition) is 3. The molecular weight excluding hydrogens is 210 g/mol. The van der Waals surface area contributed by atoms with Crippen molar-refractivity contribution in [3.8, 4) is 12.3 Å². The van der Waals surface area contributed by atoms with Gasteiger partial charge in [-0.05, 0) is 12.3 Å². The number of aliphatic hydroxyl groups excluding tert-OH is 1. The highest BCUT2D eigenvalue weighted by atomic mass is 16.4. The molecule has 0 fully saturated rings. The quantitative estimate of drug-likeness (QED) is 0.557. The summed E-state index contributed by atoms with van der Waals surface area (Å²) < 4.78 is 0. The second-order valence-corrected chi connectivity index (χ2v) is 3.95. The maximum atomic E-state index is 11.4. The fourth-order valence-electron chi connectivity index (χ4n) is 1.14. The summed E-state index contributed by atoms with van der Waals surface area (Å²) >= 11 is 0. The molecule has 0 aliphatic carbocycles. The molecule has 0 spiro atoms. The molecule has 2 atom stereocenters. The van der Waals surface area contributed by atoms with Crippen molar-refractivity contribution in [2.75, 3.05) is 0 Å². The molecule has 0 unspecified atom stereocenters. The molecule has 0 aliphatic rings. The first kappa shape index (κ1) is 14.5. The monoisotopic (exact) mass is 227 g/mol. The normalized spacial score (nSPS) is 13.9. The molecule has 0 aromatic heterocycles. The lowest BCUT2D eigenvalue weighted by Crippen LogP contribution is -2.45. The highest BCUT2D eigenvalue weighted by Gasteiger charge is 2.23. The average molecular weight is 227 g/mol. The molecule has 16 heavy (non-hydrogen) atoms. The van der Waals surface area contributed by atoms with E-state index < -0.39 is 24.0 Å². The van der Waals surface area contributed by atoms with Crippen molar-refractivity contribution in [2.45, 2.75) is 38.8 Å². The highest BCUT2D eigenvalue weighted by molar-refractivity contribution is 5.86. The first-order chi connectivity index (χ1) is 7.38. The minimum atomic E-state index is -1.21. The van der Waals surface area contributed by atoms with Crippen LogP contribution in [0.15, 0.2) is 0 Å². The van der Waals surface area contributed by atoms with Crippen LogP contribution in [0.2, 0.25) is 0 Å². The SMILES string of the molecule is C#CC[C@H](NC(=O)[C@@H](O)CC(C)C)C(=O)O. The second kappa shape index (κ2) is 6.85. The van der Waals surface area contributed by atoms with Crippen LogP contribution in [0.1, 0.15) is 26.7 Å². The molecule has 0 aromatic rings. The molecule has 0 aromatic carbocycles. The summed E-state index contributed by atoms with van der Waals surface area (Å²) in [7, 11) is 0. The van der Waals surface area contributed by atoms with Crippen molar-refractivity contribution in [3.63, 3.8) is 0 Å². The third-order valence-corrected chi connectivity index (χ3v) is 1.93. The van der Waals surface area contributed by atoms with E-state index in [2.05, 4.69) is 11.2 Å². The smallest absolute Gasteiger partial charge is 0.327 e. The number of carboxylic acids is 1. The third-order valence-electron chi connectivity index (χ3n) is 1.93. The maximum Gasteiger partial charge on any atom is 0.327 e. The summed E-state index contributed by atoms with van der Waals surface area (Å²) in [6.07, 6.45) is 3.96. The van der Waals surface area contributed by atoms with Crippen molar-refractivity contribution in [3.05, 3.63) is 0 Å². The molecule has 0 bridgehead atoms. The first-order valence-electron chi connectivity index (χ1n) is 5.03. The Morgan fingerprint density at radius 3 is 2.38 bits per heavy atom. The van der Waals surface area contributed by atoms with E-state index in [9.17, 15) is 14.7 Å². The van der Waals surface area contributed by atoms with E-state index in [-0.39, 0.29) is 18.8 Å². The zero-order valence-electron chi connectivity index (χ0n) is 9.43. The fraction of sp³-hybridized carbons (Fsp3) is 0.636. The van der Waals surface area contributed by atoms with Gasteiger partial charge >= 0.3 is 5.97 Å². The Balaban J connectivity index is 4.30. The van der Waals surface area contributed by atoms with Gasteiger partial charge in [-0.15, -0.1) is 12.3 Å². The molecule has 0 heterocycles. The Morgan fingerprint density at radius 1 is 1.44 bits per heavy atom. The Bertz CT molecular complexity index is 293. The topological polar surface area (TPSA) is 86.6 Å². The van der Waals surface area contributed by atoms with Gasteiger partial charge < -0.3 is 15.5 Å². The van der Waals surface area contributed by atoms with Gasteiger partial charge in [0.25, 0.3) is 0 Å². The lowest BCUT2D eigenvalue weighted by molar-refractivity contribution is -0.143. The van der Waals surface area contributed by atoms with E-state index in [0.29, 0.717) is 0 Å². The van der Waals surface area contributed by atoms with Gasteiger partial charge in [0, 0.05) is 6.42 Å². The van der Waals surface area contributed by atoms with Crippen LogP contribution in [-0.2, 0) is 9.59 Å². The lowest BCUT2D eigenvalue weighted by Gasteiger charge is -2.16. The number of amides is 1. The van der Waals surface area contributed by atoms with E-state index in [0.717, 1.165) is 0 Å². The van der Waals surface area contributed by atoms with Crippen LogP contribution in [-0.4, -0.2) is 34.2 Å². The van der Waals surface area contributed by atoms with Gasteiger partial charge in [-0.1, -0.05) is 13.8 Å². The lowest BCUT2D eigenvalue weighted by atomic mass is 10.1.